The van der Waals surface area contributed by atoms with Gasteiger partial charge >= 0.3 is 6.61 Å². The first-order valence-corrected chi connectivity index (χ1v) is 7.74. The molecule has 2 amide bonds. The van der Waals surface area contributed by atoms with Crippen molar-refractivity contribution >= 4 is 11.8 Å². The Morgan fingerprint density at radius 2 is 1.50 bits per heavy atom. The van der Waals surface area contributed by atoms with E-state index in [1.165, 1.54) is 36.4 Å². The zero-order chi connectivity index (χ0) is 19.1. The van der Waals surface area contributed by atoms with Crippen molar-refractivity contribution in [2.75, 3.05) is 13.1 Å². The van der Waals surface area contributed by atoms with Crippen LogP contribution in [-0.4, -0.2) is 31.5 Å². The SMILES string of the molecule is Cc1ccc(C(=O)NCCNC(=O)c2ccc(OC(F)F)cc2)cc1F. The zero-order valence-electron chi connectivity index (χ0n) is 13.9. The minimum absolute atomic E-state index is 0.0471. The number of hydrogen-bond acceptors (Lipinski definition) is 3. The summed E-state index contributed by atoms with van der Waals surface area (Å²) in [7, 11) is 0. The molecule has 0 heterocycles. The van der Waals surface area contributed by atoms with Gasteiger partial charge < -0.3 is 15.4 Å². The van der Waals surface area contributed by atoms with Gasteiger partial charge in [0.25, 0.3) is 11.8 Å². The smallest absolute Gasteiger partial charge is 0.387 e. The minimum atomic E-state index is -2.93. The molecule has 2 N–H and O–H groups in total. The van der Waals surface area contributed by atoms with E-state index in [0.717, 1.165) is 6.07 Å². The first-order valence-electron chi connectivity index (χ1n) is 7.74. The molecule has 2 rings (SSSR count). The van der Waals surface area contributed by atoms with Gasteiger partial charge in [0, 0.05) is 24.2 Å². The molecule has 0 radical (unpaired) electrons. The Bertz CT molecular complexity index is 780. The number of rotatable bonds is 7. The van der Waals surface area contributed by atoms with E-state index in [9.17, 15) is 22.8 Å². The molecule has 2 aromatic rings. The van der Waals surface area contributed by atoms with Crippen LogP contribution in [0.25, 0.3) is 0 Å². The van der Waals surface area contributed by atoms with Gasteiger partial charge in [0.15, 0.2) is 0 Å². The molecule has 0 saturated carbocycles. The fraction of sp³-hybridized carbons (Fsp3) is 0.222. The van der Waals surface area contributed by atoms with Gasteiger partial charge in [0.2, 0.25) is 0 Å². The number of halogens is 3. The van der Waals surface area contributed by atoms with E-state index in [-0.39, 0.29) is 30.0 Å². The molecule has 26 heavy (non-hydrogen) atoms. The molecular formula is C18H17F3N2O3. The normalized spacial score (nSPS) is 10.5. The number of benzene rings is 2. The largest absolute Gasteiger partial charge is 0.435 e. The third kappa shape index (κ3) is 5.51. The van der Waals surface area contributed by atoms with Crippen LogP contribution in [0.15, 0.2) is 42.5 Å². The van der Waals surface area contributed by atoms with Crippen molar-refractivity contribution in [2.24, 2.45) is 0 Å². The van der Waals surface area contributed by atoms with Crippen LogP contribution in [0.3, 0.4) is 0 Å². The lowest BCUT2D eigenvalue weighted by Crippen LogP contribution is -2.34. The number of alkyl halides is 2. The Morgan fingerprint density at radius 3 is 2.04 bits per heavy atom. The van der Waals surface area contributed by atoms with Crippen molar-refractivity contribution in [3.63, 3.8) is 0 Å². The van der Waals surface area contributed by atoms with Crippen molar-refractivity contribution in [3.8, 4) is 5.75 Å². The van der Waals surface area contributed by atoms with E-state index >= 15 is 0 Å². The number of carbonyl (C=O) groups excluding carboxylic acids is 2. The van der Waals surface area contributed by atoms with E-state index in [2.05, 4.69) is 15.4 Å². The maximum Gasteiger partial charge on any atom is 0.387 e. The van der Waals surface area contributed by atoms with Crippen LogP contribution in [0.5, 0.6) is 5.75 Å². The van der Waals surface area contributed by atoms with Crippen LogP contribution in [0.1, 0.15) is 26.3 Å². The summed E-state index contributed by atoms with van der Waals surface area (Å²) in [6.07, 6.45) is 0. The minimum Gasteiger partial charge on any atom is -0.435 e. The van der Waals surface area contributed by atoms with Gasteiger partial charge in [-0.15, -0.1) is 0 Å². The highest BCUT2D eigenvalue weighted by Crippen LogP contribution is 2.14. The van der Waals surface area contributed by atoms with Gasteiger partial charge in [-0.25, -0.2) is 4.39 Å². The fourth-order valence-electron chi connectivity index (χ4n) is 2.08. The summed E-state index contributed by atoms with van der Waals surface area (Å²) in [6, 6.07) is 9.38. The predicted molar refractivity (Wildman–Crippen MR) is 88.9 cm³/mol. The Hall–Kier alpha value is -3.03. The molecule has 0 aliphatic rings. The highest BCUT2D eigenvalue weighted by Gasteiger charge is 2.09. The monoisotopic (exact) mass is 366 g/mol. The Labute approximate surface area is 148 Å². The standard InChI is InChI=1S/C18H17F3N2O3/c1-11-2-3-13(10-15(11)19)17(25)23-9-8-22-16(24)12-4-6-14(7-5-12)26-18(20)21/h2-7,10,18H,8-9H2,1H3,(H,22,24)(H,23,25). The number of hydrogen-bond donors (Lipinski definition) is 2. The number of aryl methyl sites for hydroxylation is 1. The van der Waals surface area contributed by atoms with Crippen molar-refractivity contribution in [1.29, 1.82) is 0 Å². The van der Waals surface area contributed by atoms with E-state index in [1.807, 2.05) is 0 Å². The molecule has 0 spiro atoms. The van der Waals surface area contributed by atoms with Crippen LogP contribution in [0.2, 0.25) is 0 Å². The highest BCUT2D eigenvalue weighted by molar-refractivity contribution is 5.95. The molecule has 2 aromatic carbocycles. The van der Waals surface area contributed by atoms with E-state index < -0.39 is 24.2 Å². The lowest BCUT2D eigenvalue weighted by atomic mass is 10.1. The molecule has 0 aliphatic heterocycles. The molecule has 0 saturated heterocycles. The van der Waals surface area contributed by atoms with Crippen molar-refractivity contribution in [1.82, 2.24) is 10.6 Å². The second kappa shape index (κ2) is 8.89. The van der Waals surface area contributed by atoms with Crippen LogP contribution >= 0.6 is 0 Å². The molecule has 0 unspecified atom stereocenters. The van der Waals surface area contributed by atoms with Crippen LogP contribution < -0.4 is 15.4 Å². The number of ether oxygens (including phenoxy) is 1. The van der Waals surface area contributed by atoms with Gasteiger partial charge in [0.1, 0.15) is 11.6 Å². The summed E-state index contributed by atoms with van der Waals surface area (Å²) in [6.45, 7) is -1.04. The predicted octanol–water partition coefficient (Wildman–Crippen LogP) is 2.90. The van der Waals surface area contributed by atoms with E-state index in [1.54, 1.807) is 6.92 Å². The number of amides is 2. The summed E-state index contributed by atoms with van der Waals surface area (Å²) in [5.74, 6) is -1.39. The maximum absolute atomic E-state index is 13.4. The summed E-state index contributed by atoms with van der Waals surface area (Å²) >= 11 is 0. The first-order chi connectivity index (χ1) is 12.4. The van der Waals surface area contributed by atoms with Crippen LogP contribution in [0.4, 0.5) is 13.2 Å². The summed E-state index contributed by atoms with van der Waals surface area (Å²) in [5.41, 5.74) is 0.895. The van der Waals surface area contributed by atoms with Gasteiger partial charge in [-0.3, -0.25) is 9.59 Å². The second-order valence-electron chi connectivity index (χ2n) is 5.38. The van der Waals surface area contributed by atoms with Gasteiger partial charge in [-0.05, 0) is 48.9 Å². The molecule has 8 heteroatoms. The summed E-state index contributed by atoms with van der Waals surface area (Å²) in [5, 5.41) is 5.13. The van der Waals surface area contributed by atoms with Crippen molar-refractivity contribution in [3.05, 3.63) is 65.0 Å². The van der Waals surface area contributed by atoms with Crippen molar-refractivity contribution < 1.29 is 27.5 Å². The topological polar surface area (TPSA) is 67.4 Å². The molecule has 0 aromatic heterocycles. The molecule has 138 valence electrons. The highest BCUT2D eigenvalue weighted by atomic mass is 19.3. The third-order valence-corrected chi connectivity index (χ3v) is 3.47. The van der Waals surface area contributed by atoms with Gasteiger partial charge in [0.05, 0.1) is 0 Å². The van der Waals surface area contributed by atoms with Gasteiger partial charge in [-0.1, -0.05) is 6.07 Å². The molecule has 0 fully saturated rings. The molecule has 5 nitrogen and oxygen atoms in total. The van der Waals surface area contributed by atoms with Crippen molar-refractivity contribution in [2.45, 2.75) is 13.5 Å². The number of carbonyl (C=O) groups is 2. The zero-order valence-corrected chi connectivity index (χ0v) is 13.9. The summed E-state index contributed by atoms with van der Waals surface area (Å²) in [4.78, 5) is 23.8. The van der Waals surface area contributed by atoms with E-state index in [4.69, 9.17) is 0 Å². The Kier molecular flexibility index (Phi) is 6.60. The third-order valence-electron chi connectivity index (χ3n) is 3.47. The van der Waals surface area contributed by atoms with E-state index in [0.29, 0.717) is 5.56 Å². The molecular weight excluding hydrogens is 349 g/mol. The molecule has 0 bridgehead atoms. The average molecular weight is 366 g/mol. The number of nitrogens with one attached hydrogen (secondary N) is 2. The maximum atomic E-state index is 13.4. The van der Waals surface area contributed by atoms with Crippen LogP contribution in [-0.2, 0) is 0 Å². The quantitative estimate of drug-likeness (QED) is 0.741. The lowest BCUT2D eigenvalue weighted by molar-refractivity contribution is -0.0498. The van der Waals surface area contributed by atoms with Gasteiger partial charge in [-0.2, -0.15) is 8.78 Å². The molecule has 0 atom stereocenters. The first kappa shape index (κ1) is 19.3. The summed E-state index contributed by atoms with van der Waals surface area (Å²) < 4.78 is 41.7. The lowest BCUT2D eigenvalue weighted by Gasteiger charge is -2.09. The Balaban J connectivity index is 1.77. The average Bonchev–Trinajstić information content (AvgIpc) is 2.60. The van der Waals surface area contributed by atoms with Crippen LogP contribution in [0, 0.1) is 12.7 Å². The Morgan fingerprint density at radius 1 is 0.962 bits per heavy atom. The second-order valence-corrected chi connectivity index (χ2v) is 5.38. The molecule has 0 aliphatic carbocycles. The fourth-order valence-corrected chi connectivity index (χ4v) is 2.08.